The second kappa shape index (κ2) is 8.28. The number of rotatable bonds is 7. The molecule has 0 radical (unpaired) electrons. The van der Waals surface area contributed by atoms with Crippen molar-refractivity contribution in [2.24, 2.45) is 5.92 Å². The van der Waals surface area contributed by atoms with E-state index in [4.69, 9.17) is 0 Å². The summed E-state index contributed by atoms with van der Waals surface area (Å²) in [6.45, 7) is 1.62. The average molecular weight is 352 g/mol. The normalized spacial score (nSPS) is 16.5. The van der Waals surface area contributed by atoms with E-state index >= 15 is 0 Å². The monoisotopic (exact) mass is 352 g/mol. The lowest BCUT2D eigenvalue weighted by atomic mass is 10.1. The molecule has 1 fully saturated rings. The second-order valence-electron chi connectivity index (χ2n) is 6.13. The van der Waals surface area contributed by atoms with E-state index in [9.17, 15) is 18.0 Å². The van der Waals surface area contributed by atoms with Gasteiger partial charge in [-0.15, -0.1) is 0 Å². The van der Waals surface area contributed by atoms with E-state index in [-0.39, 0.29) is 34.9 Å². The van der Waals surface area contributed by atoms with E-state index in [0.29, 0.717) is 0 Å². The van der Waals surface area contributed by atoms with Crippen molar-refractivity contribution in [3.8, 4) is 0 Å². The minimum atomic E-state index is -3.42. The second-order valence-corrected chi connectivity index (χ2v) is 8.24. The molecule has 7 heteroatoms. The number of carbonyl (C=O) groups is 2. The van der Waals surface area contributed by atoms with Crippen LogP contribution >= 0.6 is 0 Å². The fourth-order valence-corrected chi connectivity index (χ4v) is 3.97. The first-order chi connectivity index (χ1) is 11.4. The predicted octanol–water partition coefficient (Wildman–Crippen LogP) is 1.27. The van der Waals surface area contributed by atoms with Gasteiger partial charge in [-0.1, -0.05) is 31.0 Å². The van der Waals surface area contributed by atoms with E-state index in [2.05, 4.69) is 10.6 Å². The highest BCUT2D eigenvalue weighted by molar-refractivity contribution is 7.91. The lowest BCUT2D eigenvalue weighted by molar-refractivity contribution is -0.130. The molecule has 0 aliphatic heterocycles. The standard InChI is InChI=1S/C17H24N2O4S/c1-13(19-17(21)14-7-5-6-8-14)16(20)18-11-12-24(22,23)15-9-3-2-4-10-15/h2-4,9-10,13-14H,5-8,11-12H2,1H3,(H,18,20)(H,19,21). The minimum absolute atomic E-state index is 0.00120. The van der Waals surface area contributed by atoms with Crippen molar-refractivity contribution in [1.29, 1.82) is 0 Å². The van der Waals surface area contributed by atoms with E-state index in [1.165, 1.54) is 12.1 Å². The third-order valence-electron chi connectivity index (χ3n) is 4.25. The molecule has 1 aromatic carbocycles. The fourth-order valence-electron chi connectivity index (χ4n) is 2.79. The molecule has 1 saturated carbocycles. The van der Waals surface area contributed by atoms with Crippen molar-refractivity contribution >= 4 is 21.7 Å². The minimum Gasteiger partial charge on any atom is -0.353 e. The average Bonchev–Trinajstić information content (AvgIpc) is 3.10. The van der Waals surface area contributed by atoms with Crippen LogP contribution in [0.1, 0.15) is 32.6 Å². The Morgan fingerprint density at radius 3 is 2.42 bits per heavy atom. The van der Waals surface area contributed by atoms with Gasteiger partial charge in [0.25, 0.3) is 0 Å². The first-order valence-corrected chi connectivity index (χ1v) is 9.91. The van der Waals surface area contributed by atoms with Crippen LogP contribution in [0.25, 0.3) is 0 Å². The Hall–Kier alpha value is -1.89. The molecule has 1 aliphatic carbocycles. The Kier molecular flexibility index (Phi) is 6.36. The topological polar surface area (TPSA) is 92.3 Å². The summed E-state index contributed by atoms with van der Waals surface area (Å²) in [7, 11) is -3.42. The smallest absolute Gasteiger partial charge is 0.242 e. The number of hydrogen-bond donors (Lipinski definition) is 2. The van der Waals surface area contributed by atoms with Crippen molar-refractivity contribution in [1.82, 2.24) is 10.6 Å². The van der Waals surface area contributed by atoms with Crippen LogP contribution in [0.4, 0.5) is 0 Å². The third-order valence-corrected chi connectivity index (χ3v) is 5.98. The molecule has 1 unspecified atom stereocenters. The molecule has 0 spiro atoms. The van der Waals surface area contributed by atoms with Gasteiger partial charge >= 0.3 is 0 Å². The van der Waals surface area contributed by atoms with Gasteiger partial charge in [-0.25, -0.2) is 8.42 Å². The Balaban J connectivity index is 1.77. The quantitative estimate of drug-likeness (QED) is 0.773. The van der Waals surface area contributed by atoms with Crippen LogP contribution in [0.3, 0.4) is 0 Å². The van der Waals surface area contributed by atoms with Gasteiger partial charge in [0, 0.05) is 12.5 Å². The van der Waals surface area contributed by atoms with Crippen molar-refractivity contribution in [3.05, 3.63) is 30.3 Å². The maximum Gasteiger partial charge on any atom is 0.242 e. The molecule has 0 aromatic heterocycles. The number of carbonyl (C=O) groups excluding carboxylic acids is 2. The maximum atomic E-state index is 12.1. The van der Waals surface area contributed by atoms with Crippen molar-refractivity contribution in [2.45, 2.75) is 43.5 Å². The Morgan fingerprint density at radius 1 is 1.17 bits per heavy atom. The van der Waals surface area contributed by atoms with Gasteiger partial charge in [0.05, 0.1) is 10.6 Å². The summed E-state index contributed by atoms with van der Waals surface area (Å²) < 4.78 is 24.2. The van der Waals surface area contributed by atoms with Crippen LogP contribution in [-0.2, 0) is 19.4 Å². The van der Waals surface area contributed by atoms with Crippen LogP contribution in [0, 0.1) is 5.92 Å². The first kappa shape index (κ1) is 18.4. The number of benzene rings is 1. The summed E-state index contributed by atoms with van der Waals surface area (Å²) in [5, 5.41) is 5.27. The Morgan fingerprint density at radius 2 is 1.79 bits per heavy atom. The molecule has 0 saturated heterocycles. The molecule has 1 aromatic rings. The number of amides is 2. The van der Waals surface area contributed by atoms with Crippen molar-refractivity contribution in [3.63, 3.8) is 0 Å². The summed E-state index contributed by atoms with van der Waals surface area (Å²) in [6, 6.07) is 7.45. The van der Waals surface area contributed by atoms with Crippen LogP contribution in [0.15, 0.2) is 35.2 Å². The predicted molar refractivity (Wildman–Crippen MR) is 91.1 cm³/mol. The van der Waals surface area contributed by atoms with Crippen molar-refractivity contribution in [2.75, 3.05) is 12.3 Å². The van der Waals surface area contributed by atoms with E-state index < -0.39 is 15.9 Å². The highest BCUT2D eigenvalue weighted by Gasteiger charge is 2.25. The molecule has 24 heavy (non-hydrogen) atoms. The Labute approximate surface area is 142 Å². The van der Waals surface area contributed by atoms with Gasteiger partial charge in [-0.3, -0.25) is 9.59 Å². The molecule has 0 bridgehead atoms. The van der Waals surface area contributed by atoms with E-state index in [1.54, 1.807) is 25.1 Å². The number of nitrogens with one attached hydrogen (secondary N) is 2. The summed E-state index contributed by atoms with van der Waals surface area (Å²) in [5.74, 6) is -0.637. The van der Waals surface area contributed by atoms with Gasteiger partial charge in [0.15, 0.2) is 9.84 Å². The van der Waals surface area contributed by atoms with Crippen LogP contribution in [0.5, 0.6) is 0 Å². The molecular weight excluding hydrogens is 328 g/mol. The lowest BCUT2D eigenvalue weighted by Gasteiger charge is -2.16. The van der Waals surface area contributed by atoms with Crippen LogP contribution in [0.2, 0.25) is 0 Å². The third kappa shape index (κ3) is 5.06. The molecule has 2 rings (SSSR count). The molecule has 2 N–H and O–H groups in total. The van der Waals surface area contributed by atoms with Crippen molar-refractivity contribution < 1.29 is 18.0 Å². The highest BCUT2D eigenvalue weighted by Crippen LogP contribution is 2.24. The zero-order valence-electron chi connectivity index (χ0n) is 13.8. The zero-order chi connectivity index (χ0) is 17.6. The summed E-state index contributed by atoms with van der Waals surface area (Å²) >= 11 is 0. The molecule has 1 atom stereocenters. The maximum absolute atomic E-state index is 12.1. The van der Waals surface area contributed by atoms with E-state index in [1.807, 2.05) is 0 Å². The van der Waals surface area contributed by atoms with Gasteiger partial charge in [0.1, 0.15) is 6.04 Å². The molecule has 6 nitrogen and oxygen atoms in total. The Bertz CT molecular complexity index is 667. The molecule has 2 amide bonds. The van der Waals surface area contributed by atoms with Crippen LogP contribution in [-0.4, -0.2) is 38.6 Å². The summed E-state index contributed by atoms with van der Waals surface area (Å²) in [5.41, 5.74) is 0. The van der Waals surface area contributed by atoms with Gasteiger partial charge in [-0.05, 0) is 31.9 Å². The number of sulfone groups is 1. The SMILES string of the molecule is CC(NC(=O)C1CCCC1)C(=O)NCCS(=O)(=O)c1ccccc1. The summed E-state index contributed by atoms with van der Waals surface area (Å²) in [4.78, 5) is 24.2. The van der Waals surface area contributed by atoms with Gasteiger partial charge in [0.2, 0.25) is 11.8 Å². The molecular formula is C17H24N2O4S. The summed E-state index contributed by atoms with van der Waals surface area (Å²) in [6.07, 6.45) is 3.84. The lowest BCUT2D eigenvalue weighted by Crippen LogP contribution is -2.47. The zero-order valence-corrected chi connectivity index (χ0v) is 14.6. The molecule has 132 valence electrons. The van der Waals surface area contributed by atoms with Crippen LogP contribution < -0.4 is 10.6 Å². The molecule has 0 heterocycles. The van der Waals surface area contributed by atoms with Gasteiger partial charge in [-0.2, -0.15) is 0 Å². The van der Waals surface area contributed by atoms with Gasteiger partial charge < -0.3 is 10.6 Å². The van der Waals surface area contributed by atoms with E-state index in [0.717, 1.165) is 25.7 Å². The number of hydrogen-bond acceptors (Lipinski definition) is 4. The highest BCUT2D eigenvalue weighted by atomic mass is 32.2. The first-order valence-electron chi connectivity index (χ1n) is 8.26. The molecule has 1 aliphatic rings. The fraction of sp³-hybridized carbons (Fsp3) is 0.529. The largest absolute Gasteiger partial charge is 0.353 e.